The summed E-state index contributed by atoms with van der Waals surface area (Å²) in [5.41, 5.74) is 6.92. The van der Waals surface area contributed by atoms with Crippen molar-refractivity contribution in [2.45, 2.75) is 10.9 Å². The van der Waals surface area contributed by atoms with E-state index in [9.17, 15) is 8.60 Å². The van der Waals surface area contributed by atoms with Gasteiger partial charge in [0.15, 0.2) is 11.5 Å². The van der Waals surface area contributed by atoms with Gasteiger partial charge in [-0.2, -0.15) is 0 Å². The van der Waals surface area contributed by atoms with Crippen LogP contribution in [0.2, 0.25) is 0 Å². The van der Waals surface area contributed by atoms with Crippen molar-refractivity contribution in [3.05, 3.63) is 53.8 Å². The van der Waals surface area contributed by atoms with Crippen LogP contribution in [-0.4, -0.2) is 16.8 Å². The highest BCUT2D eigenvalue weighted by atomic mass is 32.2. The average molecular weight is 307 g/mol. The van der Waals surface area contributed by atoms with Crippen molar-refractivity contribution in [2.75, 3.05) is 12.5 Å². The SMILES string of the molecule is NC(CS(=O)c1ccc(F)cc1)c1ccc2c(c1)OCO2. The Kier molecular flexibility index (Phi) is 3.90. The van der Waals surface area contributed by atoms with Gasteiger partial charge in [-0.05, 0) is 42.0 Å². The third-order valence-corrected chi connectivity index (χ3v) is 4.69. The lowest BCUT2D eigenvalue weighted by Gasteiger charge is -2.12. The fourth-order valence-electron chi connectivity index (χ4n) is 2.09. The molecule has 1 aliphatic rings. The number of fused-ring (bicyclic) bond motifs is 1. The maximum Gasteiger partial charge on any atom is 0.231 e. The molecule has 0 fully saturated rings. The Hall–Kier alpha value is -1.92. The second-order valence-corrected chi connectivity index (χ2v) is 6.18. The largest absolute Gasteiger partial charge is 0.454 e. The van der Waals surface area contributed by atoms with Crippen molar-refractivity contribution in [3.63, 3.8) is 0 Å². The molecule has 0 aliphatic carbocycles. The van der Waals surface area contributed by atoms with Crippen molar-refractivity contribution in [2.24, 2.45) is 5.73 Å². The van der Waals surface area contributed by atoms with Gasteiger partial charge in [0, 0.05) is 16.7 Å². The monoisotopic (exact) mass is 307 g/mol. The number of nitrogens with two attached hydrogens (primary N) is 1. The van der Waals surface area contributed by atoms with Gasteiger partial charge in [-0.25, -0.2) is 4.39 Å². The van der Waals surface area contributed by atoms with Crippen LogP contribution in [-0.2, 0) is 10.8 Å². The van der Waals surface area contributed by atoms with E-state index in [0.717, 1.165) is 5.56 Å². The predicted molar refractivity (Wildman–Crippen MR) is 77.2 cm³/mol. The fraction of sp³-hybridized carbons (Fsp3) is 0.200. The molecule has 2 atom stereocenters. The standard InChI is InChI=1S/C15H14FNO3S/c16-11-2-4-12(5-3-11)21(18)8-13(17)10-1-6-14-15(7-10)20-9-19-14/h1-7,13H,8-9,17H2. The van der Waals surface area contributed by atoms with Crippen LogP contribution in [0.25, 0.3) is 0 Å². The zero-order valence-corrected chi connectivity index (χ0v) is 11.9. The minimum atomic E-state index is -1.28. The van der Waals surface area contributed by atoms with Crippen molar-refractivity contribution in [3.8, 4) is 11.5 Å². The molecule has 2 N–H and O–H groups in total. The van der Waals surface area contributed by atoms with Gasteiger partial charge in [-0.1, -0.05) is 6.07 Å². The molecule has 3 rings (SSSR count). The van der Waals surface area contributed by atoms with Gasteiger partial charge in [-0.3, -0.25) is 4.21 Å². The summed E-state index contributed by atoms with van der Waals surface area (Å²) in [4.78, 5) is 0.563. The number of ether oxygens (including phenoxy) is 2. The lowest BCUT2D eigenvalue weighted by atomic mass is 10.1. The third-order valence-electron chi connectivity index (χ3n) is 3.23. The van der Waals surface area contributed by atoms with Crippen LogP contribution >= 0.6 is 0 Å². The van der Waals surface area contributed by atoms with Crippen LogP contribution in [0.3, 0.4) is 0 Å². The molecule has 0 amide bonds. The first-order valence-corrected chi connectivity index (χ1v) is 7.74. The summed E-state index contributed by atoms with van der Waals surface area (Å²) < 4.78 is 35.6. The molecule has 4 nitrogen and oxygen atoms in total. The summed E-state index contributed by atoms with van der Waals surface area (Å²) in [6.45, 7) is 0.204. The highest BCUT2D eigenvalue weighted by Crippen LogP contribution is 2.34. The average Bonchev–Trinajstić information content (AvgIpc) is 2.95. The van der Waals surface area contributed by atoms with Crippen LogP contribution < -0.4 is 15.2 Å². The molecule has 2 unspecified atom stereocenters. The van der Waals surface area contributed by atoms with Crippen LogP contribution in [0, 0.1) is 5.82 Å². The van der Waals surface area contributed by atoms with Gasteiger partial charge in [0.1, 0.15) is 5.82 Å². The van der Waals surface area contributed by atoms with E-state index in [0.29, 0.717) is 16.4 Å². The Labute approximate surface area is 124 Å². The van der Waals surface area contributed by atoms with E-state index in [1.807, 2.05) is 6.07 Å². The highest BCUT2D eigenvalue weighted by Gasteiger charge is 2.18. The first-order chi connectivity index (χ1) is 10.1. The second kappa shape index (κ2) is 5.83. The zero-order valence-electron chi connectivity index (χ0n) is 11.1. The molecule has 0 saturated heterocycles. The Morgan fingerprint density at radius 3 is 2.62 bits per heavy atom. The number of hydrogen-bond acceptors (Lipinski definition) is 4. The summed E-state index contributed by atoms with van der Waals surface area (Å²) in [5, 5.41) is 0. The minimum Gasteiger partial charge on any atom is -0.454 e. The van der Waals surface area contributed by atoms with Gasteiger partial charge in [0.2, 0.25) is 6.79 Å². The van der Waals surface area contributed by atoms with E-state index < -0.39 is 16.8 Å². The summed E-state index contributed by atoms with van der Waals surface area (Å²) >= 11 is 0. The number of halogens is 1. The van der Waals surface area contributed by atoms with Gasteiger partial charge in [0.05, 0.1) is 10.8 Å². The smallest absolute Gasteiger partial charge is 0.231 e. The molecule has 2 aromatic carbocycles. The second-order valence-electron chi connectivity index (χ2n) is 4.69. The first-order valence-electron chi connectivity index (χ1n) is 6.42. The lowest BCUT2D eigenvalue weighted by Crippen LogP contribution is -2.18. The van der Waals surface area contributed by atoms with E-state index in [1.165, 1.54) is 24.3 Å². The van der Waals surface area contributed by atoms with E-state index in [2.05, 4.69) is 0 Å². The molecule has 0 saturated carbocycles. The van der Waals surface area contributed by atoms with E-state index in [-0.39, 0.29) is 18.4 Å². The minimum absolute atomic E-state index is 0.204. The molecule has 0 spiro atoms. The number of benzene rings is 2. The van der Waals surface area contributed by atoms with Gasteiger partial charge in [-0.15, -0.1) is 0 Å². The van der Waals surface area contributed by atoms with Crippen molar-refractivity contribution >= 4 is 10.8 Å². The first kappa shape index (κ1) is 14.0. The molecule has 2 aromatic rings. The Balaban J connectivity index is 1.72. The van der Waals surface area contributed by atoms with Crippen molar-refractivity contribution < 1.29 is 18.1 Å². The maximum atomic E-state index is 12.9. The molecule has 6 heteroatoms. The van der Waals surface area contributed by atoms with Crippen molar-refractivity contribution in [1.29, 1.82) is 0 Å². The summed E-state index contributed by atoms with van der Waals surface area (Å²) in [5.74, 6) is 1.24. The maximum absolute atomic E-state index is 12.9. The van der Waals surface area contributed by atoms with Gasteiger partial charge in [0.25, 0.3) is 0 Å². The molecule has 110 valence electrons. The van der Waals surface area contributed by atoms with Crippen LogP contribution in [0.5, 0.6) is 11.5 Å². The number of rotatable bonds is 4. The van der Waals surface area contributed by atoms with E-state index >= 15 is 0 Å². The van der Waals surface area contributed by atoms with E-state index in [4.69, 9.17) is 15.2 Å². The Bertz CT molecular complexity index is 675. The van der Waals surface area contributed by atoms with Crippen molar-refractivity contribution in [1.82, 2.24) is 0 Å². The molecule has 0 bridgehead atoms. The predicted octanol–water partition coefficient (Wildman–Crippen LogP) is 2.36. The molecule has 0 radical (unpaired) electrons. The normalized spacial score (nSPS) is 15.7. The zero-order chi connectivity index (χ0) is 14.8. The topological polar surface area (TPSA) is 61.6 Å². The third kappa shape index (κ3) is 3.06. The fourth-order valence-corrected chi connectivity index (χ4v) is 3.24. The summed E-state index contributed by atoms with van der Waals surface area (Å²) in [6, 6.07) is 10.6. The highest BCUT2D eigenvalue weighted by molar-refractivity contribution is 7.85. The van der Waals surface area contributed by atoms with E-state index in [1.54, 1.807) is 12.1 Å². The van der Waals surface area contributed by atoms with Crippen LogP contribution in [0.4, 0.5) is 4.39 Å². The lowest BCUT2D eigenvalue weighted by molar-refractivity contribution is 0.174. The van der Waals surface area contributed by atoms with Gasteiger partial charge >= 0.3 is 0 Å². The molecule has 21 heavy (non-hydrogen) atoms. The van der Waals surface area contributed by atoms with Crippen LogP contribution in [0.15, 0.2) is 47.4 Å². The Morgan fingerprint density at radius 1 is 1.14 bits per heavy atom. The summed E-state index contributed by atoms with van der Waals surface area (Å²) in [7, 11) is -1.28. The van der Waals surface area contributed by atoms with Crippen LogP contribution in [0.1, 0.15) is 11.6 Å². The summed E-state index contributed by atoms with van der Waals surface area (Å²) in [6.07, 6.45) is 0. The van der Waals surface area contributed by atoms with Gasteiger partial charge < -0.3 is 15.2 Å². The number of hydrogen-bond donors (Lipinski definition) is 1. The molecule has 1 aliphatic heterocycles. The molecule has 0 aromatic heterocycles. The molecule has 1 heterocycles. The Morgan fingerprint density at radius 2 is 1.86 bits per heavy atom. The molecular formula is C15H14FNO3S. The quantitative estimate of drug-likeness (QED) is 0.942. The molecular weight excluding hydrogens is 293 g/mol.